The number of fused-ring (bicyclic) bond motifs is 4. The number of ether oxygens (including phenoxy) is 3. The zero-order valence-electron chi connectivity index (χ0n) is 17.4. The van der Waals surface area contributed by atoms with E-state index in [1.54, 1.807) is 6.20 Å². The van der Waals surface area contributed by atoms with E-state index < -0.39 is 0 Å². The van der Waals surface area contributed by atoms with Crippen LogP contribution in [-0.2, 0) is 16.0 Å². The number of amides is 3. The third kappa shape index (κ3) is 3.52. The second-order valence-electron chi connectivity index (χ2n) is 8.62. The summed E-state index contributed by atoms with van der Waals surface area (Å²) in [4.78, 5) is 28.3. The van der Waals surface area contributed by atoms with Crippen molar-refractivity contribution in [3.05, 3.63) is 41.6 Å². The molecule has 1 saturated heterocycles. The molecule has 0 unspecified atom stereocenters. The van der Waals surface area contributed by atoms with E-state index in [1.807, 2.05) is 24.3 Å². The molecule has 4 heterocycles. The van der Waals surface area contributed by atoms with E-state index in [-0.39, 0.29) is 36.0 Å². The van der Waals surface area contributed by atoms with Gasteiger partial charge in [-0.2, -0.15) is 0 Å². The fourth-order valence-corrected chi connectivity index (χ4v) is 4.78. The van der Waals surface area contributed by atoms with Crippen LogP contribution in [-0.4, -0.2) is 48.3 Å². The second kappa shape index (κ2) is 7.67. The lowest BCUT2D eigenvalue weighted by Crippen LogP contribution is -2.46. The zero-order chi connectivity index (χ0) is 21.7. The van der Waals surface area contributed by atoms with E-state index >= 15 is 0 Å². The predicted octanol–water partition coefficient (Wildman–Crippen LogP) is 2.46. The summed E-state index contributed by atoms with van der Waals surface area (Å²) in [6.45, 7) is 1.37. The number of carbonyl (C=O) groups is 2. The van der Waals surface area contributed by atoms with Gasteiger partial charge in [0.1, 0.15) is 29.2 Å². The number of pyridine rings is 1. The molecule has 32 heavy (non-hydrogen) atoms. The van der Waals surface area contributed by atoms with E-state index in [4.69, 9.17) is 14.2 Å². The van der Waals surface area contributed by atoms with Crippen LogP contribution in [0.2, 0.25) is 0 Å². The first kappa shape index (κ1) is 19.4. The quantitative estimate of drug-likeness (QED) is 0.679. The third-order valence-electron chi connectivity index (χ3n) is 6.51. The van der Waals surface area contributed by atoms with Crippen LogP contribution >= 0.6 is 0 Å². The minimum atomic E-state index is -0.153. The Morgan fingerprint density at radius 1 is 1.16 bits per heavy atom. The average Bonchev–Trinajstić information content (AvgIpc) is 3.30. The summed E-state index contributed by atoms with van der Waals surface area (Å²) in [5, 5.41) is 8.88. The highest BCUT2D eigenvalue weighted by atomic mass is 16.5. The van der Waals surface area contributed by atoms with E-state index in [0.717, 1.165) is 29.7 Å². The number of aromatic nitrogens is 1. The zero-order valence-corrected chi connectivity index (χ0v) is 17.4. The molecule has 3 amide bonds. The number of anilines is 1. The molecule has 1 aromatic heterocycles. The van der Waals surface area contributed by atoms with Gasteiger partial charge in [-0.05, 0) is 43.5 Å². The number of urea groups is 1. The van der Waals surface area contributed by atoms with E-state index in [2.05, 4.69) is 20.9 Å². The molecular weight excluding hydrogens is 412 g/mol. The predicted molar refractivity (Wildman–Crippen MR) is 114 cm³/mol. The number of nitrogens with one attached hydrogen (secondary N) is 3. The molecule has 6 rings (SSSR count). The first-order chi connectivity index (χ1) is 15.7. The van der Waals surface area contributed by atoms with Gasteiger partial charge in [0, 0.05) is 43.0 Å². The molecule has 3 N–H and O–H groups in total. The van der Waals surface area contributed by atoms with Crippen molar-refractivity contribution in [2.75, 3.05) is 18.5 Å². The molecule has 1 aromatic carbocycles. The molecular formula is C23H24N4O5. The SMILES string of the molecule is O=C1CCc2c(Oc3ccc4c(c3)[C@H]3[C@@H](NC(=O)NC5CCOCC5)[C@H]3O4)ccnc2N1. The maximum atomic E-state index is 12.4. The molecule has 2 fully saturated rings. The van der Waals surface area contributed by atoms with Gasteiger partial charge in [0.2, 0.25) is 5.91 Å². The van der Waals surface area contributed by atoms with Crippen LogP contribution in [0.25, 0.3) is 0 Å². The fourth-order valence-electron chi connectivity index (χ4n) is 4.78. The Morgan fingerprint density at radius 2 is 2.03 bits per heavy atom. The molecule has 2 aromatic rings. The van der Waals surface area contributed by atoms with Crippen molar-refractivity contribution in [3.8, 4) is 17.2 Å². The molecule has 0 spiro atoms. The van der Waals surface area contributed by atoms with Crippen LogP contribution in [0.15, 0.2) is 30.5 Å². The summed E-state index contributed by atoms with van der Waals surface area (Å²) in [6.07, 6.45) is 4.28. The Balaban J connectivity index is 1.13. The van der Waals surface area contributed by atoms with Crippen molar-refractivity contribution in [1.29, 1.82) is 0 Å². The summed E-state index contributed by atoms with van der Waals surface area (Å²) < 4.78 is 17.5. The van der Waals surface area contributed by atoms with Gasteiger partial charge < -0.3 is 30.2 Å². The number of rotatable bonds is 4. The van der Waals surface area contributed by atoms with Crippen LogP contribution in [0.5, 0.6) is 17.2 Å². The average molecular weight is 436 g/mol. The Morgan fingerprint density at radius 3 is 2.91 bits per heavy atom. The molecule has 9 nitrogen and oxygen atoms in total. The summed E-state index contributed by atoms with van der Waals surface area (Å²) in [5.41, 5.74) is 1.94. The largest absolute Gasteiger partial charge is 0.487 e. The van der Waals surface area contributed by atoms with Crippen LogP contribution in [0.1, 0.15) is 36.3 Å². The van der Waals surface area contributed by atoms with E-state index in [1.165, 1.54) is 0 Å². The Kier molecular flexibility index (Phi) is 4.64. The molecule has 1 saturated carbocycles. The van der Waals surface area contributed by atoms with Gasteiger partial charge in [0.25, 0.3) is 0 Å². The summed E-state index contributed by atoms with van der Waals surface area (Å²) in [7, 11) is 0. The molecule has 4 aliphatic rings. The number of nitrogens with zero attached hydrogens (tertiary/aromatic N) is 1. The highest BCUT2D eigenvalue weighted by Crippen LogP contribution is 2.54. The maximum Gasteiger partial charge on any atom is 0.315 e. The van der Waals surface area contributed by atoms with Gasteiger partial charge in [-0.1, -0.05) is 0 Å². The van der Waals surface area contributed by atoms with E-state index in [9.17, 15) is 9.59 Å². The highest BCUT2D eigenvalue weighted by molar-refractivity contribution is 5.93. The topological polar surface area (TPSA) is 111 Å². The van der Waals surface area contributed by atoms with Gasteiger partial charge in [0.05, 0.1) is 12.0 Å². The van der Waals surface area contributed by atoms with Crippen LogP contribution in [0.4, 0.5) is 10.6 Å². The van der Waals surface area contributed by atoms with Crippen LogP contribution in [0.3, 0.4) is 0 Å². The summed E-state index contributed by atoms with van der Waals surface area (Å²) in [5.74, 6) is 2.86. The summed E-state index contributed by atoms with van der Waals surface area (Å²) >= 11 is 0. The number of hydrogen-bond donors (Lipinski definition) is 3. The normalized spacial score (nSPS) is 25.5. The second-order valence-corrected chi connectivity index (χ2v) is 8.62. The van der Waals surface area contributed by atoms with Crippen molar-refractivity contribution in [1.82, 2.24) is 15.6 Å². The lowest BCUT2D eigenvalue weighted by molar-refractivity contribution is -0.116. The monoisotopic (exact) mass is 436 g/mol. The van der Waals surface area contributed by atoms with Gasteiger partial charge >= 0.3 is 6.03 Å². The molecule has 3 atom stereocenters. The van der Waals surface area contributed by atoms with Crippen molar-refractivity contribution in [3.63, 3.8) is 0 Å². The summed E-state index contributed by atoms with van der Waals surface area (Å²) in [6, 6.07) is 7.54. The van der Waals surface area contributed by atoms with Gasteiger partial charge in [-0.15, -0.1) is 0 Å². The lowest BCUT2D eigenvalue weighted by Gasteiger charge is -2.23. The van der Waals surface area contributed by atoms with Gasteiger partial charge in [0.15, 0.2) is 0 Å². The van der Waals surface area contributed by atoms with Gasteiger partial charge in [-0.25, -0.2) is 9.78 Å². The van der Waals surface area contributed by atoms with Crippen LogP contribution in [0, 0.1) is 0 Å². The maximum absolute atomic E-state index is 12.4. The van der Waals surface area contributed by atoms with Crippen molar-refractivity contribution >= 4 is 17.8 Å². The number of hydrogen-bond acceptors (Lipinski definition) is 6. The lowest BCUT2D eigenvalue weighted by atomic mass is 10.1. The standard InChI is InChI=1S/C23H24N4O5/c28-18-4-2-14-17(5-8-24-22(14)26-18)31-13-1-3-16-15(11-13)19-20(21(19)32-16)27-23(29)25-12-6-9-30-10-7-12/h1,3,5,8,11-12,19-21H,2,4,6-7,9-10H2,(H,24,26,28)(H2,25,27,29)/t19-,20+,21-/m0/s1. The smallest absolute Gasteiger partial charge is 0.315 e. The highest BCUT2D eigenvalue weighted by Gasteiger charge is 2.59. The minimum absolute atomic E-state index is 0.0315. The van der Waals surface area contributed by atoms with Crippen molar-refractivity contribution in [2.45, 2.75) is 49.8 Å². The molecule has 166 valence electrons. The first-order valence-electron chi connectivity index (χ1n) is 11.1. The molecule has 9 heteroatoms. The van der Waals surface area contributed by atoms with Crippen molar-refractivity contribution in [2.24, 2.45) is 0 Å². The first-order valence-corrected chi connectivity index (χ1v) is 11.1. The number of carbonyl (C=O) groups excluding carboxylic acids is 2. The minimum Gasteiger partial charge on any atom is -0.487 e. The molecule has 0 radical (unpaired) electrons. The van der Waals surface area contributed by atoms with Crippen LogP contribution < -0.4 is 25.4 Å². The number of benzene rings is 1. The van der Waals surface area contributed by atoms with E-state index in [0.29, 0.717) is 43.4 Å². The molecule has 0 bridgehead atoms. The Bertz CT molecular complexity index is 1080. The molecule has 3 aliphatic heterocycles. The fraction of sp³-hybridized carbons (Fsp3) is 0.435. The van der Waals surface area contributed by atoms with Gasteiger partial charge in [-0.3, -0.25) is 4.79 Å². The molecule has 1 aliphatic carbocycles. The Labute approximate surface area is 184 Å². The van der Waals surface area contributed by atoms with Crippen molar-refractivity contribution < 1.29 is 23.8 Å². The Hall–Kier alpha value is -3.33. The third-order valence-corrected chi connectivity index (χ3v) is 6.51.